The molecule has 0 radical (unpaired) electrons. The highest BCUT2D eigenvalue weighted by Crippen LogP contribution is 2.25. The Morgan fingerprint density at radius 2 is 2.10 bits per heavy atom. The number of ether oxygens (including phenoxy) is 1. The topological polar surface area (TPSA) is 79.4 Å². The molecule has 0 saturated heterocycles. The van der Waals surface area contributed by atoms with Gasteiger partial charge in [-0.3, -0.25) is 4.79 Å². The fourth-order valence-electron chi connectivity index (χ4n) is 3.15. The van der Waals surface area contributed by atoms with Crippen molar-refractivity contribution in [2.75, 3.05) is 43.5 Å². The zero-order valence-electron chi connectivity index (χ0n) is 19.6. The normalized spacial score (nSPS) is 11.8. The summed E-state index contributed by atoms with van der Waals surface area (Å²) >= 11 is 0. The Morgan fingerprint density at radius 3 is 2.77 bits per heavy atom. The lowest BCUT2D eigenvalue weighted by molar-refractivity contribution is 0.0984. The molecule has 0 fully saturated rings. The molecule has 0 spiro atoms. The van der Waals surface area contributed by atoms with Gasteiger partial charge in [0, 0.05) is 31.0 Å². The van der Waals surface area contributed by atoms with Crippen molar-refractivity contribution in [1.82, 2.24) is 15.3 Å². The summed E-state index contributed by atoms with van der Waals surface area (Å²) in [4.78, 5) is 24.1. The van der Waals surface area contributed by atoms with Crippen LogP contribution in [0.15, 0.2) is 30.5 Å². The predicted molar refractivity (Wildman–Crippen MR) is 127 cm³/mol. The Bertz CT molecular complexity index is 827. The molecule has 1 amide bonds. The summed E-state index contributed by atoms with van der Waals surface area (Å²) in [5.74, 6) is 1.76. The molecule has 7 heteroatoms. The van der Waals surface area contributed by atoms with Gasteiger partial charge in [-0.1, -0.05) is 26.3 Å². The fraction of sp³-hybridized carbons (Fsp3) is 0.542. The molecule has 0 bridgehead atoms. The van der Waals surface area contributed by atoms with Crippen molar-refractivity contribution in [3.63, 3.8) is 0 Å². The van der Waals surface area contributed by atoms with Crippen molar-refractivity contribution < 1.29 is 9.53 Å². The van der Waals surface area contributed by atoms with Gasteiger partial charge in [0.05, 0.1) is 17.9 Å². The highest BCUT2D eigenvalue weighted by Gasteiger charge is 2.22. The van der Waals surface area contributed by atoms with Crippen LogP contribution in [0.5, 0.6) is 5.75 Å². The van der Waals surface area contributed by atoms with E-state index in [4.69, 9.17) is 4.74 Å². The maximum Gasteiger partial charge on any atom is 0.261 e. The molecule has 2 rings (SSSR count). The standard InChI is InChI=1S/C24H37N5O2/c1-6-18(3)12-14-29(20-10-8-11-21(16-20)31-15-9-13-25-5)23(30)22-17-27-24(26-7-2)28-19(22)4/h8,10-11,16-18,25H,6-7,9,12-15H2,1-5H3,(H,26,27,28). The van der Waals surface area contributed by atoms with Crippen molar-refractivity contribution in [2.24, 2.45) is 5.92 Å². The van der Waals surface area contributed by atoms with Crippen LogP contribution in [0.25, 0.3) is 0 Å². The number of carbonyl (C=O) groups is 1. The molecule has 2 N–H and O–H groups in total. The van der Waals surface area contributed by atoms with Gasteiger partial charge in [-0.2, -0.15) is 0 Å². The molecule has 1 atom stereocenters. The molecular weight excluding hydrogens is 390 g/mol. The Morgan fingerprint density at radius 1 is 1.29 bits per heavy atom. The largest absolute Gasteiger partial charge is 0.493 e. The van der Waals surface area contributed by atoms with Gasteiger partial charge in [0.25, 0.3) is 5.91 Å². The van der Waals surface area contributed by atoms with Gasteiger partial charge in [0.15, 0.2) is 0 Å². The summed E-state index contributed by atoms with van der Waals surface area (Å²) in [6.07, 6.45) is 4.55. The highest BCUT2D eigenvalue weighted by molar-refractivity contribution is 6.06. The molecule has 1 aromatic heterocycles. The van der Waals surface area contributed by atoms with Crippen LogP contribution in [0, 0.1) is 12.8 Å². The van der Waals surface area contributed by atoms with E-state index in [0.717, 1.165) is 43.8 Å². The third kappa shape index (κ3) is 7.51. The second-order valence-corrected chi connectivity index (χ2v) is 7.78. The maximum absolute atomic E-state index is 13.5. The van der Waals surface area contributed by atoms with Crippen LogP contribution < -0.4 is 20.3 Å². The smallest absolute Gasteiger partial charge is 0.261 e. The van der Waals surface area contributed by atoms with Crippen LogP contribution in [-0.2, 0) is 0 Å². The third-order valence-electron chi connectivity index (χ3n) is 5.30. The van der Waals surface area contributed by atoms with E-state index in [1.54, 1.807) is 6.20 Å². The molecule has 0 aliphatic carbocycles. The molecule has 31 heavy (non-hydrogen) atoms. The lowest BCUT2D eigenvalue weighted by atomic mass is 10.0. The lowest BCUT2D eigenvalue weighted by Crippen LogP contribution is -2.33. The van der Waals surface area contributed by atoms with Crippen LogP contribution in [0.4, 0.5) is 11.6 Å². The van der Waals surface area contributed by atoms with Gasteiger partial charge in [-0.25, -0.2) is 9.97 Å². The van der Waals surface area contributed by atoms with Crippen LogP contribution in [0.2, 0.25) is 0 Å². The second-order valence-electron chi connectivity index (χ2n) is 7.78. The van der Waals surface area contributed by atoms with Crippen LogP contribution in [0.1, 0.15) is 56.1 Å². The van der Waals surface area contributed by atoms with E-state index in [2.05, 4.69) is 34.4 Å². The van der Waals surface area contributed by atoms with E-state index in [1.807, 2.05) is 50.1 Å². The number of hydrogen-bond donors (Lipinski definition) is 2. The van der Waals surface area contributed by atoms with Crippen LogP contribution in [-0.4, -0.2) is 49.2 Å². The number of aryl methyl sites for hydroxylation is 1. The molecular formula is C24H37N5O2. The molecule has 2 aromatic rings. The number of aromatic nitrogens is 2. The highest BCUT2D eigenvalue weighted by atomic mass is 16.5. The lowest BCUT2D eigenvalue weighted by Gasteiger charge is -2.25. The average molecular weight is 428 g/mol. The Balaban J connectivity index is 2.27. The van der Waals surface area contributed by atoms with Crippen LogP contribution in [0.3, 0.4) is 0 Å². The molecule has 0 aliphatic rings. The van der Waals surface area contributed by atoms with Gasteiger partial charge in [-0.05, 0) is 58.3 Å². The zero-order chi connectivity index (χ0) is 22.6. The quantitative estimate of drug-likeness (QED) is 0.464. The third-order valence-corrected chi connectivity index (χ3v) is 5.30. The number of amides is 1. The van der Waals surface area contributed by atoms with E-state index in [0.29, 0.717) is 36.3 Å². The number of benzene rings is 1. The molecule has 1 unspecified atom stereocenters. The van der Waals surface area contributed by atoms with E-state index in [-0.39, 0.29) is 5.91 Å². The molecule has 7 nitrogen and oxygen atoms in total. The fourth-order valence-corrected chi connectivity index (χ4v) is 3.15. The van der Waals surface area contributed by atoms with E-state index < -0.39 is 0 Å². The van der Waals surface area contributed by atoms with E-state index >= 15 is 0 Å². The molecule has 1 aromatic carbocycles. The first-order chi connectivity index (χ1) is 15.0. The minimum absolute atomic E-state index is 0.0869. The number of rotatable bonds is 13. The Kier molecular flexibility index (Phi) is 10.2. The van der Waals surface area contributed by atoms with Crippen molar-refractivity contribution in [2.45, 2.75) is 47.0 Å². The monoisotopic (exact) mass is 427 g/mol. The second kappa shape index (κ2) is 12.9. The Hall–Kier alpha value is -2.67. The molecule has 0 saturated carbocycles. The summed E-state index contributed by atoms with van der Waals surface area (Å²) in [5.41, 5.74) is 2.02. The Labute approximate surface area is 186 Å². The first-order valence-corrected chi connectivity index (χ1v) is 11.3. The van der Waals surface area contributed by atoms with E-state index in [9.17, 15) is 4.79 Å². The van der Waals surface area contributed by atoms with E-state index in [1.165, 1.54) is 0 Å². The average Bonchev–Trinajstić information content (AvgIpc) is 2.77. The van der Waals surface area contributed by atoms with Gasteiger partial charge >= 0.3 is 0 Å². The van der Waals surface area contributed by atoms with Crippen LogP contribution >= 0.6 is 0 Å². The number of anilines is 2. The number of nitrogens with one attached hydrogen (secondary N) is 2. The summed E-state index contributed by atoms with van der Waals surface area (Å²) < 4.78 is 5.89. The van der Waals surface area contributed by atoms with Crippen molar-refractivity contribution >= 4 is 17.5 Å². The van der Waals surface area contributed by atoms with Gasteiger partial charge in [0.2, 0.25) is 5.95 Å². The predicted octanol–water partition coefficient (Wildman–Crippen LogP) is 4.29. The maximum atomic E-state index is 13.5. The van der Waals surface area contributed by atoms with Crippen molar-refractivity contribution in [3.8, 4) is 5.75 Å². The molecule has 0 aliphatic heterocycles. The summed E-state index contributed by atoms with van der Waals surface area (Å²) in [6, 6.07) is 7.76. The number of carbonyl (C=O) groups excluding carboxylic acids is 1. The zero-order valence-corrected chi connectivity index (χ0v) is 19.6. The van der Waals surface area contributed by atoms with Crippen molar-refractivity contribution in [1.29, 1.82) is 0 Å². The van der Waals surface area contributed by atoms with Gasteiger partial charge < -0.3 is 20.3 Å². The molecule has 170 valence electrons. The number of hydrogen-bond acceptors (Lipinski definition) is 6. The summed E-state index contributed by atoms with van der Waals surface area (Å²) in [7, 11) is 1.93. The summed E-state index contributed by atoms with van der Waals surface area (Å²) in [6.45, 7) is 11.1. The first-order valence-electron chi connectivity index (χ1n) is 11.3. The van der Waals surface area contributed by atoms with Crippen molar-refractivity contribution in [3.05, 3.63) is 41.7 Å². The minimum atomic E-state index is -0.0869. The SMILES string of the molecule is CCNc1ncc(C(=O)N(CCC(C)CC)c2cccc(OCCCNC)c2)c(C)n1. The van der Waals surface area contributed by atoms with Gasteiger partial charge in [0.1, 0.15) is 5.75 Å². The number of nitrogens with zero attached hydrogens (tertiary/aromatic N) is 3. The van der Waals surface area contributed by atoms with Gasteiger partial charge in [-0.15, -0.1) is 0 Å². The summed E-state index contributed by atoms with van der Waals surface area (Å²) in [5, 5.41) is 6.21. The minimum Gasteiger partial charge on any atom is -0.493 e. The molecule has 1 heterocycles. The first kappa shape index (κ1) is 24.6.